The molecule has 25 heavy (non-hydrogen) atoms. The van der Waals surface area contributed by atoms with E-state index in [9.17, 15) is 0 Å². The zero-order valence-electron chi connectivity index (χ0n) is 14.9. The molecule has 7 nitrogen and oxygen atoms in total. The summed E-state index contributed by atoms with van der Waals surface area (Å²) in [5.41, 5.74) is 0.656. The van der Waals surface area contributed by atoms with Crippen LogP contribution in [-0.4, -0.2) is 29.0 Å². The molecule has 3 aromatic rings. The highest BCUT2D eigenvalue weighted by Gasteiger charge is 2.23. The van der Waals surface area contributed by atoms with Crippen molar-refractivity contribution in [3.63, 3.8) is 0 Å². The summed E-state index contributed by atoms with van der Waals surface area (Å²) < 4.78 is 21.1. The van der Waals surface area contributed by atoms with Gasteiger partial charge in [0.15, 0.2) is 5.76 Å². The zero-order valence-corrected chi connectivity index (χ0v) is 15.8. The first-order valence-electron chi connectivity index (χ1n) is 7.83. The maximum atomic E-state index is 5.68. The first-order chi connectivity index (χ1) is 12.2. The minimum absolute atomic E-state index is 0.417. The van der Waals surface area contributed by atoms with Gasteiger partial charge in [-0.25, -0.2) is 0 Å². The number of para-hydroxylation sites is 1. The fourth-order valence-corrected chi connectivity index (χ4v) is 2.48. The van der Waals surface area contributed by atoms with E-state index in [-0.39, 0.29) is 0 Å². The number of hydrogen-bond donors (Lipinski definition) is 2. The fraction of sp³-hybridized carbons (Fsp3) is 0.294. The van der Waals surface area contributed by atoms with E-state index in [0.29, 0.717) is 34.7 Å². The largest absolute Gasteiger partial charge is 0.494 e. The lowest BCUT2D eigenvalue weighted by atomic mass is 10.2. The summed E-state index contributed by atoms with van der Waals surface area (Å²) in [5, 5.41) is 8.30. The molecule has 0 fully saturated rings. The second-order valence-corrected chi connectivity index (χ2v) is 4.94. The summed E-state index contributed by atoms with van der Waals surface area (Å²) in [5.74, 6) is 3.51. The lowest BCUT2D eigenvalue weighted by molar-refractivity contribution is 0.391. The third-order valence-corrected chi connectivity index (χ3v) is 3.55. The van der Waals surface area contributed by atoms with E-state index in [1.165, 1.54) is 0 Å². The van der Waals surface area contributed by atoms with Crippen LogP contribution in [0.2, 0.25) is 0 Å². The van der Waals surface area contributed by atoms with Crippen LogP contribution in [-0.2, 0) is 0 Å². The first-order valence-corrected chi connectivity index (χ1v) is 8.28. The Morgan fingerprint density at radius 3 is 2.16 bits per heavy atom. The van der Waals surface area contributed by atoms with Crippen LogP contribution < -0.4 is 14.2 Å². The van der Waals surface area contributed by atoms with Crippen molar-refractivity contribution >= 4 is 18.8 Å². The summed E-state index contributed by atoms with van der Waals surface area (Å²) in [6.45, 7) is 5.87. The molecule has 2 aromatic heterocycles. The van der Waals surface area contributed by atoms with Crippen molar-refractivity contribution in [2.45, 2.75) is 20.8 Å². The molecule has 0 aliphatic heterocycles. The van der Waals surface area contributed by atoms with Crippen molar-refractivity contribution < 1.29 is 13.9 Å². The fourth-order valence-electron chi connectivity index (χ4n) is 2.33. The van der Waals surface area contributed by atoms with E-state index in [1.807, 2.05) is 51.1 Å². The SMILES string of the molecule is CC.COc1cccc(OC)c1-n1c(NS)nnc1-c1ccc(C)o1. The van der Waals surface area contributed by atoms with Crippen LogP contribution in [0.4, 0.5) is 5.95 Å². The average Bonchev–Trinajstić information content (AvgIpc) is 3.28. The lowest BCUT2D eigenvalue weighted by Crippen LogP contribution is -2.05. The van der Waals surface area contributed by atoms with Gasteiger partial charge in [0.2, 0.25) is 11.8 Å². The molecule has 0 radical (unpaired) electrons. The predicted molar refractivity (Wildman–Crippen MR) is 101 cm³/mol. The van der Waals surface area contributed by atoms with Gasteiger partial charge in [0, 0.05) is 0 Å². The molecule has 0 saturated carbocycles. The van der Waals surface area contributed by atoms with E-state index in [2.05, 4.69) is 27.7 Å². The summed E-state index contributed by atoms with van der Waals surface area (Å²) in [4.78, 5) is 0. The second-order valence-electron chi connectivity index (χ2n) is 4.72. The van der Waals surface area contributed by atoms with Crippen molar-refractivity contribution in [1.29, 1.82) is 0 Å². The van der Waals surface area contributed by atoms with Gasteiger partial charge in [0.1, 0.15) is 22.9 Å². The molecule has 3 rings (SSSR count). The van der Waals surface area contributed by atoms with Crippen LogP contribution in [0.1, 0.15) is 19.6 Å². The first kappa shape index (κ1) is 18.7. The number of anilines is 1. The molecule has 2 heterocycles. The van der Waals surface area contributed by atoms with E-state index in [1.54, 1.807) is 18.8 Å². The van der Waals surface area contributed by atoms with Gasteiger partial charge in [0.05, 0.1) is 14.2 Å². The minimum atomic E-state index is 0.417. The average molecular weight is 362 g/mol. The van der Waals surface area contributed by atoms with E-state index >= 15 is 0 Å². The van der Waals surface area contributed by atoms with Gasteiger partial charge in [-0.15, -0.1) is 10.2 Å². The molecule has 0 spiro atoms. The number of methoxy groups -OCH3 is 2. The number of ether oxygens (including phenoxy) is 2. The molecule has 1 N–H and O–H groups in total. The number of aromatic nitrogens is 3. The molecular formula is C17H22N4O3S. The molecule has 0 bridgehead atoms. The Morgan fingerprint density at radius 1 is 1.04 bits per heavy atom. The Labute approximate surface area is 152 Å². The zero-order chi connectivity index (χ0) is 18.4. The summed E-state index contributed by atoms with van der Waals surface area (Å²) in [6.07, 6.45) is 0. The van der Waals surface area contributed by atoms with Gasteiger partial charge < -0.3 is 18.6 Å². The van der Waals surface area contributed by atoms with E-state index < -0.39 is 0 Å². The summed E-state index contributed by atoms with van der Waals surface area (Å²) in [6, 6.07) is 9.20. The molecule has 0 unspecified atom stereocenters. The van der Waals surface area contributed by atoms with Crippen LogP contribution in [0.5, 0.6) is 11.5 Å². The van der Waals surface area contributed by atoms with Crippen molar-refractivity contribution in [3.8, 4) is 28.8 Å². The Kier molecular flexibility index (Phi) is 6.35. The van der Waals surface area contributed by atoms with E-state index in [0.717, 1.165) is 5.76 Å². The number of benzene rings is 1. The maximum absolute atomic E-state index is 5.68. The molecule has 0 aliphatic rings. The molecule has 0 aliphatic carbocycles. The van der Waals surface area contributed by atoms with Gasteiger partial charge >= 0.3 is 0 Å². The van der Waals surface area contributed by atoms with Crippen molar-refractivity contribution in [1.82, 2.24) is 14.8 Å². The van der Waals surface area contributed by atoms with Crippen molar-refractivity contribution in [3.05, 3.63) is 36.1 Å². The van der Waals surface area contributed by atoms with Crippen LogP contribution in [0, 0.1) is 6.92 Å². The minimum Gasteiger partial charge on any atom is -0.494 e. The monoisotopic (exact) mass is 362 g/mol. The molecule has 0 saturated heterocycles. The van der Waals surface area contributed by atoms with Crippen LogP contribution >= 0.6 is 12.8 Å². The normalized spacial score (nSPS) is 10.0. The second kappa shape index (κ2) is 8.48. The number of nitrogens with zero attached hydrogens (tertiary/aromatic N) is 3. The molecule has 0 atom stereocenters. The Bertz CT molecular complexity index is 807. The molecule has 8 heteroatoms. The highest BCUT2D eigenvalue weighted by Crippen LogP contribution is 2.37. The summed E-state index contributed by atoms with van der Waals surface area (Å²) in [7, 11) is 3.18. The van der Waals surface area contributed by atoms with Crippen LogP contribution in [0.25, 0.3) is 17.3 Å². The molecule has 0 amide bonds. The highest BCUT2D eigenvalue weighted by molar-refractivity contribution is 7.81. The number of furan rings is 1. The number of hydrogen-bond acceptors (Lipinski definition) is 7. The van der Waals surface area contributed by atoms with Crippen molar-refractivity contribution in [2.75, 3.05) is 18.9 Å². The number of nitrogens with one attached hydrogen (secondary N) is 1. The molecule has 134 valence electrons. The molecular weight excluding hydrogens is 340 g/mol. The number of aryl methyl sites for hydroxylation is 1. The number of thiol groups is 1. The topological polar surface area (TPSA) is 74.3 Å². The van der Waals surface area contributed by atoms with Gasteiger partial charge in [0.25, 0.3) is 0 Å². The van der Waals surface area contributed by atoms with Crippen LogP contribution in [0.3, 0.4) is 0 Å². The quantitative estimate of drug-likeness (QED) is 0.665. The Hall–Kier alpha value is -2.61. The lowest BCUT2D eigenvalue weighted by Gasteiger charge is -2.16. The number of rotatable bonds is 5. The Balaban J connectivity index is 0.00000109. The smallest absolute Gasteiger partial charge is 0.239 e. The van der Waals surface area contributed by atoms with Crippen molar-refractivity contribution in [2.24, 2.45) is 0 Å². The molecule has 1 aromatic carbocycles. The van der Waals surface area contributed by atoms with Gasteiger partial charge in [-0.05, 0) is 31.2 Å². The summed E-state index contributed by atoms with van der Waals surface area (Å²) >= 11 is 4.10. The third-order valence-electron chi connectivity index (χ3n) is 3.35. The van der Waals surface area contributed by atoms with Crippen LogP contribution in [0.15, 0.2) is 34.7 Å². The standard InChI is InChI=1S/C15H16N4O3S.C2H6/c1-9-7-8-12(22-9)14-16-17-15(18-23)19(14)13-10(20-2)5-4-6-11(13)21-3;1-2/h4-8,23H,1-3H3,(H,17,18);1-2H3. The highest BCUT2D eigenvalue weighted by atomic mass is 32.1. The van der Waals surface area contributed by atoms with E-state index in [4.69, 9.17) is 13.9 Å². The predicted octanol–water partition coefficient (Wildman–Crippen LogP) is 4.14. The van der Waals surface area contributed by atoms with Gasteiger partial charge in [-0.2, -0.15) is 0 Å². The maximum Gasteiger partial charge on any atom is 0.239 e. The third kappa shape index (κ3) is 3.58. The Morgan fingerprint density at radius 2 is 1.68 bits per heavy atom. The van der Waals surface area contributed by atoms with Gasteiger partial charge in [-0.3, -0.25) is 4.57 Å². The van der Waals surface area contributed by atoms with Gasteiger partial charge in [-0.1, -0.05) is 32.7 Å².